The van der Waals surface area contributed by atoms with Crippen LogP contribution >= 0.6 is 0 Å². The SMILES string of the molecule is O=C(Nc1ccc(F)cc1)C1(c2cccc(F)c2)CCCC1. The number of rotatable bonds is 3. The van der Waals surface area contributed by atoms with Crippen LogP contribution in [0, 0.1) is 11.6 Å². The molecule has 2 aromatic carbocycles. The van der Waals surface area contributed by atoms with Crippen molar-refractivity contribution >= 4 is 11.6 Å². The molecule has 0 spiro atoms. The summed E-state index contributed by atoms with van der Waals surface area (Å²) in [7, 11) is 0. The van der Waals surface area contributed by atoms with Gasteiger partial charge in [-0.3, -0.25) is 4.79 Å². The first-order valence-electron chi connectivity index (χ1n) is 7.43. The lowest BCUT2D eigenvalue weighted by atomic mass is 9.78. The number of amides is 1. The fourth-order valence-corrected chi connectivity index (χ4v) is 3.20. The number of benzene rings is 2. The van der Waals surface area contributed by atoms with E-state index in [1.807, 2.05) is 0 Å². The number of carbonyl (C=O) groups is 1. The summed E-state index contributed by atoms with van der Waals surface area (Å²) in [5, 5.41) is 2.84. The van der Waals surface area contributed by atoms with E-state index in [1.54, 1.807) is 12.1 Å². The van der Waals surface area contributed by atoms with Crippen LogP contribution in [0.1, 0.15) is 31.2 Å². The summed E-state index contributed by atoms with van der Waals surface area (Å²) in [5.74, 6) is -0.834. The Bertz CT molecular complexity index is 676. The first kappa shape index (κ1) is 14.7. The number of nitrogens with one attached hydrogen (secondary N) is 1. The molecule has 1 amide bonds. The van der Waals surface area contributed by atoms with E-state index in [0.717, 1.165) is 12.8 Å². The third kappa shape index (κ3) is 2.73. The molecule has 4 heteroatoms. The lowest BCUT2D eigenvalue weighted by Crippen LogP contribution is -2.38. The third-order valence-electron chi connectivity index (χ3n) is 4.37. The summed E-state index contributed by atoms with van der Waals surface area (Å²) < 4.78 is 26.5. The first-order chi connectivity index (χ1) is 10.6. The summed E-state index contributed by atoms with van der Waals surface area (Å²) in [6.07, 6.45) is 3.27. The van der Waals surface area contributed by atoms with Gasteiger partial charge in [0, 0.05) is 5.69 Å². The second-order valence-corrected chi connectivity index (χ2v) is 5.76. The summed E-state index contributed by atoms with van der Waals surface area (Å²) >= 11 is 0. The van der Waals surface area contributed by atoms with Gasteiger partial charge in [0.25, 0.3) is 0 Å². The second-order valence-electron chi connectivity index (χ2n) is 5.76. The molecule has 0 unspecified atom stereocenters. The molecule has 2 aromatic rings. The molecule has 0 aliphatic heterocycles. The monoisotopic (exact) mass is 301 g/mol. The van der Waals surface area contributed by atoms with Crippen LogP contribution in [0.25, 0.3) is 0 Å². The fourth-order valence-electron chi connectivity index (χ4n) is 3.20. The van der Waals surface area contributed by atoms with E-state index in [9.17, 15) is 13.6 Å². The van der Waals surface area contributed by atoms with Crippen molar-refractivity contribution in [2.75, 3.05) is 5.32 Å². The van der Waals surface area contributed by atoms with Gasteiger partial charge >= 0.3 is 0 Å². The molecule has 22 heavy (non-hydrogen) atoms. The van der Waals surface area contributed by atoms with Crippen molar-refractivity contribution in [2.45, 2.75) is 31.1 Å². The van der Waals surface area contributed by atoms with E-state index in [1.165, 1.54) is 36.4 Å². The Morgan fingerprint density at radius 3 is 2.27 bits per heavy atom. The molecule has 0 atom stereocenters. The lowest BCUT2D eigenvalue weighted by molar-refractivity contribution is -0.121. The molecular formula is C18H17F2NO. The van der Waals surface area contributed by atoms with Gasteiger partial charge in [-0.05, 0) is 54.8 Å². The summed E-state index contributed by atoms with van der Waals surface area (Å²) in [6.45, 7) is 0. The van der Waals surface area contributed by atoms with Crippen molar-refractivity contribution in [1.82, 2.24) is 0 Å². The third-order valence-corrected chi connectivity index (χ3v) is 4.37. The fraction of sp³-hybridized carbons (Fsp3) is 0.278. The predicted molar refractivity (Wildman–Crippen MR) is 81.6 cm³/mol. The van der Waals surface area contributed by atoms with Crippen molar-refractivity contribution in [3.63, 3.8) is 0 Å². The van der Waals surface area contributed by atoms with E-state index in [4.69, 9.17) is 0 Å². The Balaban J connectivity index is 1.90. The maximum atomic E-state index is 13.6. The molecule has 0 radical (unpaired) electrons. The molecule has 0 heterocycles. The topological polar surface area (TPSA) is 29.1 Å². The molecule has 1 aliphatic carbocycles. The minimum Gasteiger partial charge on any atom is -0.325 e. The Morgan fingerprint density at radius 1 is 0.955 bits per heavy atom. The van der Waals surface area contributed by atoms with E-state index < -0.39 is 5.41 Å². The molecule has 114 valence electrons. The Hall–Kier alpha value is -2.23. The zero-order valence-corrected chi connectivity index (χ0v) is 12.1. The van der Waals surface area contributed by atoms with Gasteiger partial charge in [0.1, 0.15) is 11.6 Å². The molecule has 1 fully saturated rings. The maximum Gasteiger partial charge on any atom is 0.235 e. The van der Waals surface area contributed by atoms with Crippen LogP contribution in [0.15, 0.2) is 48.5 Å². The zero-order valence-electron chi connectivity index (χ0n) is 12.1. The molecule has 0 saturated heterocycles. The molecule has 0 bridgehead atoms. The minimum absolute atomic E-state index is 0.151. The molecule has 0 aromatic heterocycles. The molecule has 1 saturated carbocycles. The smallest absolute Gasteiger partial charge is 0.235 e. The van der Waals surface area contributed by atoms with Gasteiger partial charge in [-0.2, -0.15) is 0 Å². The van der Waals surface area contributed by atoms with E-state index in [2.05, 4.69) is 5.32 Å². The average molecular weight is 301 g/mol. The standard InChI is InChI=1S/C18H17F2NO/c19-14-6-8-16(9-7-14)21-17(22)18(10-1-2-11-18)13-4-3-5-15(20)12-13/h3-9,12H,1-2,10-11H2,(H,21,22). The van der Waals surface area contributed by atoms with Gasteiger partial charge in [-0.1, -0.05) is 25.0 Å². The van der Waals surface area contributed by atoms with Gasteiger partial charge in [0.15, 0.2) is 0 Å². The van der Waals surface area contributed by atoms with Gasteiger partial charge in [-0.25, -0.2) is 8.78 Å². The maximum absolute atomic E-state index is 13.6. The molecule has 1 aliphatic rings. The number of halogens is 2. The predicted octanol–water partition coefficient (Wildman–Crippen LogP) is 4.42. The van der Waals surface area contributed by atoms with E-state index >= 15 is 0 Å². The largest absolute Gasteiger partial charge is 0.325 e. The highest BCUT2D eigenvalue weighted by Gasteiger charge is 2.42. The Morgan fingerprint density at radius 2 is 1.64 bits per heavy atom. The highest BCUT2D eigenvalue weighted by Crippen LogP contribution is 2.42. The first-order valence-corrected chi connectivity index (χ1v) is 7.43. The molecule has 1 N–H and O–H groups in total. The van der Waals surface area contributed by atoms with Crippen LogP contribution in [0.4, 0.5) is 14.5 Å². The average Bonchev–Trinajstić information content (AvgIpc) is 3.00. The van der Waals surface area contributed by atoms with Crippen molar-refractivity contribution in [3.05, 3.63) is 65.7 Å². The van der Waals surface area contributed by atoms with Crippen LogP contribution in [0.2, 0.25) is 0 Å². The zero-order chi connectivity index (χ0) is 15.6. The van der Waals surface area contributed by atoms with Crippen LogP contribution < -0.4 is 5.32 Å². The van der Waals surface area contributed by atoms with E-state index in [-0.39, 0.29) is 17.5 Å². The van der Waals surface area contributed by atoms with E-state index in [0.29, 0.717) is 24.1 Å². The van der Waals surface area contributed by atoms with Crippen molar-refractivity contribution < 1.29 is 13.6 Å². The Kier molecular flexibility index (Phi) is 3.92. The normalized spacial score (nSPS) is 16.5. The number of anilines is 1. The molecule has 2 nitrogen and oxygen atoms in total. The highest BCUT2D eigenvalue weighted by molar-refractivity contribution is 5.99. The van der Waals surface area contributed by atoms with Crippen LogP contribution in [0.3, 0.4) is 0 Å². The van der Waals surface area contributed by atoms with Gasteiger partial charge < -0.3 is 5.32 Å². The van der Waals surface area contributed by atoms with Crippen LogP contribution in [-0.4, -0.2) is 5.91 Å². The number of carbonyl (C=O) groups excluding carboxylic acids is 1. The van der Waals surface area contributed by atoms with Crippen molar-refractivity contribution in [1.29, 1.82) is 0 Å². The van der Waals surface area contributed by atoms with Crippen LogP contribution in [0.5, 0.6) is 0 Å². The van der Waals surface area contributed by atoms with Crippen LogP contribution in [-0.2, 0) is 10.2 Å². The molecular weight excluding hydrogens is 284 g/mol. The summed E-state index contributed by atoms with van der Waals surface area (Å²) in [5.41, 5.74) is 0.565. The highest BCUT2D eigenvalue weighted by atomic mass is 19.1. The molecule has 3 rings (SSSR count). The quantitative estimate of drug-likeness (QED) is 0.893. The van der Waals surface area contributed by atoms with Gasteiger partial charge in [0.2, 0.25) is 5.91 Å². The second kappa shape index (κ2) is 5.87. The summed E-state index contributed by atoms with van der Waals surface area (Å²) in [4.78, 5) is 12.8. The van der Waals surface area contributed by atoms with Gasteiger partial charge in [-0.15, -0.1) is 0 Å². The minimum atomic E-state index is -0.698. The van der Waals surface area contributed by atoms with Crippen molar-refractivity contribution in [3.8, 4) is 0 Å². The number of hydrogen-bond donors (Lipinski definition) is 1. The number of hydrogen-bond acceptors (Lipinski definition) is 1. The lowest BCUT2D eigenvalue weighted by Gasteiger charge is -2.28. The van der Waals surface area contributed by atoms with Gasteiger partial charge in [0.05, 0.1) is 5.41 Å². The Labute approximate surface area is 128 Å². The van der Waals surface area contributed by atoms with Crippen molar-refractivity contribution in [2.24, 2.45) is 0 Å². The summed E-state index contributed by atoms with van der Waals surface area (Å²) in [6, 6.07) is 11.9.